The summed E-state index contributed by atoms with van der Waals surface area (Å²) in [7, 11) is -4.48. The fourth-order valence-electron chi connectivity index (χ4n) is 1.35. The van der Waals surface area contributed by atoms with Crippen molar-refractivity contribution < 1.29 is 32.6 Å². The van der Waals surface area contributed by atoms with Crippen LogP contribution in [0.15, 0.2) is 4.40 Å². The van der Waals surface area contributed by atoms with Gasteiger partial charge >= 0.3 is 22.4 Å². The minimum absolute atomic E-state index is 0.0219. The Morgan fingerprint density at radius 1 is 1.17 bits per heavy atom. The van der Waals surface area contributed by atoms with Crippen molar-refractivity contribution >= 4 is 28.4 Å². The summed E-state index contributed by atoms with van der Waals surface area (Å²) in [6, 6.07) is -1.29. The second kappa shape index (κ2) is 4.33. The average molecular weight is 278 g/mol. The van der Waals surface area contributed by atoms with Crippen molar-refractivity contribution in [1.82, 2.24) is 9.21 Å². The highest BCUT2D eigenvalue weighted by atomic mass is 32.2. The van der Waals surface area contributed by atoms with Gasteiger partial charge in [0.2, 0.25) is 0 Å². The summed E-state index contributed by atoms with van der Waals surface area (Å²) >= 11 is 0. The molecule has 2 fully saturated rings. The highest BCUT2D eigenvalue weighted by Gasteiger charge is 2.34. The van der Waals surface area contributed by atoms with Crippen LogP contribution >= 0.6 is 0 Å². The van der Waals surface area contributed by atoms with E-state index in [0.29, 0.717) is 9.21 Å². The molecular weight excluding hydrogens is 270 g/mol. The Morgan fingerprint density at radius 2 is 1.78 bits per heavy atom. The van der Waals surface area contributed by atoms with Crippen LogP contribution in [0.5, 0.6) is 0 Å². The van der Waals surface area contributed by atoms with E-state index in [-0.39, 0.29) is 26.3 Å². The van der Waals surface area contributed by atoms with Crippen LogP contribution in [0, 0.1) is 0 Å². The van der Waals surface area contributed by atoms with Crippen molar-refractivity contribution in [3.8, 4) is 0 Å². The van der Waals surface area contributed by atoms with Crippen LogP contribution in [-0.4, -0.2) is 62.1 Å². The van der Waals surface area contributed by atoms with Gasteiger partial charge in [0.15, 0.2) is 0 Å². The molecule has 100 valence electrons. The van der Waals surface area contributed by atoms with Gasteiger partial charge in [-0.1, -0.05) is 0 Å². The highest BCUT2D eigenvalue weighted by Crippen LogP contribution is 2.12. The Kier molecular flexibility index (Phi) is 2.98. The maximum atomic E-state index is 11.6. The van der Waals surface area contributed by atoms with Gasteiger partial charge in [0.1, 0.15) is 13.2 Å². The van der Waals surface area contributed by atoms with Gasteiger partial charge in [0.25, 0.3) is 0 Å². The van der Waals surface area contributed by atoms with Crippen molar-refractivity contribution in [2.24, 2.45) is 4.40 Å². The monoisotopic (exact) mass is 278 g/mol. The summed E-state index contributed by atoms with van der Waals surface area (Å²) in [5, 5.41) is 11.4. The van der Waals surface area contributed by atoms with Crippen LogP contribution in [0.25, 0.3) is 0 Å². The van der Waals surface area contributed by atoms with Gasteiger partial charge in [0, 0.05) is 0 Å². The number of amides is 2. The molecule has 2 saturated heterocycles. The summed E-state index contributed by atoms with van der Waals surface area (Å²) in [5.41, 5.74) is 0. The number of ether oxygens (including phenoxy) is 2. The lowest BCUT2D eigenvalue weighted by atomic mass is 10.6. The largest absolute Gasteiger partial charge is 0.845 e. The molecule has 0 radical (unpaired) electrons. The molecule has 2 amide bonds. The molecule has 2 rings (SSSR count). The van der Waals surface area contributed by atoms with Crippen molar-refractivity contribution in [2.45, 2.75) is 0 Å². The molecule has 18 heavy (non-hydrogen) atoms. The molecule has 0 atom stereocenters. The van der Waals surface area contributed by atoms with Crippen molar-refractivity contribution in [2.75, 3.05) is 26.3 Å². The lowest BCUT2D eigenvalue weighted by Gasteiger charge is -2.20. The van der Waals surface area contributed by atoms with E-state index in [1.54, 1.807) is 0 Å². The molecule has 0 saturated carbocycles. The fourth-order valence-corrected chi connectivity index (χ4v) is 2.29. The first-order valence-electron chi connectivity index (χ1n) is 4.82. The van der Waals surface area contributed by atoms with E-state index in [0.717, 1.165) is 0 Å². The summed E-state index contributed by atoms with van der Waals surface area (Å²) in [6.07, 6.45) is -2.07. The Balaban J connectivity index is 2.20. The average Bonchev–Trinajstić information content (AvgIpc) is 2.86. The van der Waals surface area contributed by atoms with Crippen molar-refractivity contribution in [1.29, 1.82) is 0 Å². The SMILES string of the molecule is O=C1OCCN1C([O-])=NS(=O)(=O)N1CCOC1=O. The first-order chi connectivity index (χ1) is 8.42. The number of nitrogens with zero attached hydrogens (tertiary/aromatic N) is 3. The molecule has 0 aromatic heterocycles. The zero-order chi connectivity index (χ0) is 13.3. The number of amidine groups is 1. The standard InChI is InChI=1S/C7H9N3O7S/c11-5(9-1-3-16-6(9)12)8-18(14,15)10-2-4-17-7(10)13/h1-4H2,(H,8,11)/p-1. The van der Waals surface area contributed by atoms with Gasteiger partial charge in [-0.2, -0.15) is 12.7 Å². The molecule has 0 spiro atoms. The third kappa shape index (κ3) is 2.16. The fraction of sp³-hybridized carbons (Fsp3) is 0.571. The molecule has 2 aliphatic heterocycles. The zero-order valence-corrected chi connectivity index (χ0v) is 9.75. The minimum Gasteiger partial charge on any atom is -0.845 e. The van der Waals surface area contributed by atoms with E-state index in [1.807, 2.05) is 0 Å². The van der Waals surface area contributed by atoms with Gasteiger partial charge < -0.3 is 14.6 Å². The molecule has 10 nitrogen and oxygen atoms in total. The highest BCUT2D eigenvalue weighted by molar-refractivity contribution is 7.88. The number of cyclic esters (lactones) is 2. The molecule has 0 aromatic carbocycles. The quantitative estimate of drug-likeness (QED) is 0.416. The molecule has 0 N–H and O–H groups in total. The van der Waals surface area contributed by atoms with Gasteiger partial charge in [-0.05, 0) is 0 Å². The number of rotatable bonds is 2. The second-order valence-electron chi connectivity index (χ2n) is 3.30. The van der Waals surface area contributed by atoms with E-state index >= 15 is 0 Å². The Hall–Kier alpha value is -2.04. The zero-order valence-electron chi connectivity index (χ0n) is 8.94. The third-order valence-corrected chi connectivity index (χ3v) is 3.46. The molecule has 2 heterocycles. The van der Waals surface area contributed by atoms with Gasteiger partial charge in [-0.25, -0.2) is 9.59 Å². The van der Waals surface area contributed by atoms with Crippen LogP contribution in [0.3, 0.4) is 0 Å². The van der Waals surface area contributed by atoms with Crippen LogP contribution < -0.4 is 5.11 Å². The van der Waals surface area contributed by atoms with Gasteiger partial charge in [0.05, 0.1) is 19.1 Å². The van der Waals surface area contributed by atoms with Crippen LogP contribution in [0.2, 0.25) is 0 Å². The number of carbonyl (C=O) groups excluding carboxylic acids is 2. The second-order valence-corrected chi connectivity index (χ2v) is 4.82. The minimum atomic E-state index is -4.48. The first-order valence-corrected chi connectivity index (χ1v) is 6.22. The lowest BCUT2D eigenvalue weighted by Crippen LogP contribution is -2.42. The molecular formula is C7H8N3O7S-. The van der Waals surface area contributed by atoms with E-state index < -0.39 is 28.4 Å². The molecule has 0 unspecified atom stereocenters. The van der Waals surface area contributed by atoms with Crippen LogP contribution in [-0.2, 0) is 19.7 Å². The van der Waals surface area contributed by atoms with Crippen molar-refractivity contribution in [3.05, 3.63) is 0 Å². The van der Waals surface area contributed by atoms with Crippen LogP contribution in [0.1, 0.15) is 0 Å². The topological polar surface area (TPSA) is 129 Å². The molecule has 2 aliphatic rings. The molecule has 11 heteroatoms. The lowest BCUT2D eigenvalue weighted by molar-refractivity contribution is -0.230. The predicted octanol–water partition coefficient (Wildman–Crippen LogP) is -2.15. The molecule has 0 bridgehead atoms. The van der Waals surface area contributed by atoms with Gasteiger partial charge in [-0.3, -0.25) is 4.90 Å². The molecule has 0 aliphatic carbocycles. The third-order valence-electron chi connectivity index (χ3n) is 2.19. The van der Waals surface area contributed by atoms with Crippen molar-refractivity contribution in [3.63, 3.8) is 0 Å². The summed E-state index contributed by atoms with van der Waals surface area (Å²) in [5.74, 6) is 0. The smallest absolute Gasteiger partial charge is 0.425 e. The van der Waals surface area contributed by atoms with E-state index in [4.69, 9.17) is 0 Å². The van der Waals surface area contributed by atoms with E-state index in [2.05, 4.69) is 13.9 Å². The number of hydrogen-bond acceptors (Lipinski definition) is 7. The Bertz CT molecular complexity index is 513. The first kappa shape index (κ1) is 12.4. The van der Waals surface area contributed by atoms with Gasteiger partial charge in [-0.15, -0.1) is 4.40 Å². The maximum absolute atomic E-state index is 11.6. The summed E-state index contributed by atoms with van der Waals surface area (Å²) in [4.78, 5) is 22.6. The Labute approximate surface area is 102 Å². The summed E-state index contributed by atoms with van der Waals surface area (Å²) < 4.78 is 35.2. The Morgan fingerprint density at radius 3 is 2.28 bits per heavy atom. The normalized spacial score (nSPS) is 21.2. The predicted molar refractivity (Wildman–Crippen MR) is 52.5 cm³/mol. The maximum Gasteiger partial charge on any atom is 0.425 e. The van der Waals surface area contributed by atoms with E-state index in [9.17, 15) is 23.1 Å². The summed E-state index contributed by atoms with van der Waals surface area (Å²) in [6.45, 7) is -0.428. The van der Waals surface area contributed by atoms with E-state index in [1.165, 1.54) is 0 Å². The number of carbonyl (C=O) groups is 2. The number of hydrogen-bond donors (Lipinski definition) is 0. The molecule has 0 aromatic rings. The van der Waals surface area contributed by atoms with Crippen LogP contribution in [0.4, 0.5) is 9.59 Å².